The van der Waals surface area contributed by atoms with Crippen molar-refractivity contribution in [3.8, 4) is 0 Å². The molecule has 9 nitrogen and oxygen atoms in total. The Morgan fingerprint density at radius 1 is 1.16 bits per heavy atom. The molecule has 0 radical (unpaired) electrons. The fraction of sp³-hybridized carbons (Fsp3) is 0.211. The number of hydrogen-bond donors (Lipinski definition) is 2. The third-order valence-electron chi connectivity index (χ3n) is 4.37. The number of alkyl halides is 3. The van der Waals surface area contributed by atoms with Gasteiger partial charge in [-0.15, -0.1) is 0 Å². The Labute approximate surface area is 172 Å². The van der Waals surface area contributed by atoms with Crippen molar-refractivity contribution >= 4 is 34.8 Å². The lowest BCUT2D eigenvalue weighted by Gasteiger charge is -2.17. The van der Waals surface area contributed by atoms with E-state index in [9.17, 15) is 37.7 Å². The van der Waals surface area contributed by atoms with Gasteiger partial charge < -0.3 is 15.4 Å². The van der Waals surface area contributed by atoms with Gasteiger partial charge in [0, 0.05) is 18.2 Å². The van der Waals surface area contributed by atoms with Gasteiger partial charge in [0.2, 0.25) is 5.91 Å². The van der Waals surface area contributed by atoms with E-state index in [1.165, 1.54) is 18.2 Å². The molecule has 0 atom stereocenters. The molecule has 2 aromatic rings. The molecule has 1 aliphatic heterocycles. The van der Waals surface area contributed by atoms with Crippen molar-refractivity contribution in [3.05, 3.63) is 63.2 Å². The minimum atomic E-state index is -4.79. The second-order valence-corrected chi connectivity index (χ2v) is 6.53. The van der Waals surface area contributed by atoms with Gasteiger partial charge in [-0.1, -0.05) is 0 Å². The van der Waals surface area contributed by atoms with Gasteiger partial charge in [-0.05, 0) is 42.3 Å². The van der Waals surface area contributed by atoms with E-state index < -0.39 is 46.5 Å². The van der Waals surface area contributed by atoms with Gasteiger partial charge >= 0.3 is 12.1 Å². The number of hydrogen-bond acceptors (Lipinski definition) is 6. The fourth-order valence-corrected chi connectivity index (χ4v) is 2.88. The first-order valence-electron chi connectivity index (χ1n) is 8.80. The van der Waals surface area contributed by atoms with E-state index in [-0.39, 0.29) is 17.9 Å². The fourth-order valence-electron chi connectivity index (χ4n) is 2.88. The topological polar surface area (TPSA) is 128 Å². The summed E-state index contributed by atoms with van der Waals surface area (Å²) in [5, 5.41) is 15.8. The monoisotopic (exact) mass is 437 g/mol. The molecule has 12 heteroatoms. The Hall–Kier alpha value is -3.96. The molecule has 1 aliphatic rings. The summed E-state index contributed by atoms with van der Waals surface area (Å²) < 4.78 is 43.1. The third-order valence-corrected chi connectivity index (χ3v) is 4.37. The predicted octanol–water partition coefficient (Wildman–Crippen LogP) is 3.29. The van der Waals surface area contributed by atoms with Crippen molar-refractivity contribution < 1.29 is 37.2 Å². The van der Waals surface area contributed by atoms with E-state index in [0.717, 1.165) is 11.6 Å². The minimum absolute atomic E-state index is 0.128. The summed E-state index contributed by atoms with van der Waals surface area (Å²) in [5.41, 5.74) is -1.25. The molecule has 0 aliphatic carbocycles. The Morgan fingerprint density at radius 3 is 2.58 bits per heavy atom. The molecule has 0 spiro atoms. The zero-order valence-electron chi connectivity index (χ0n) is 15.6. The average Bonchev–Trinajstić information content (AvgIpc) is 2.70. The smallest absolute Gasteiger partial charge is 0.416 e. The van der Waals surface area contributed by atoms with E-state index in [1.807, 2.05) is 0 Å². The van der Waals surface area contributed by atoms with Gasteiger partial charge in [0.25, 0.3) is 11.6 Å². The molecule has 2 amide bonds. The molecule has 3 rings (SSSR count). The number of halogens is 3. The normalized spacial score (nSPS) is 13.1. The van der Waals surface area contributed by atoms with E-state index >= 15 is 0 Å². The Kier molecular flexibility index (Phi) is 5.90. The van der Waals surface area contributed by atoms with Crippen LogP contribution in [0, 0.1) is 10.1 Å². The van der Waals surface area contributed by atoms with E-state index in [1.54, 1.807) is 0 Å². The SMILES string of the molecule is O=C1CCc2cc(C(=O)OCC(=O)Nc3ccc(C(F)(F)F)cc3[N+](=O)[O-])ccc2N1. The molecule has 0 aromatic heterocycles. The van der Waals surface area contributed by atoms with E-state index in [0.29, 0.717) is 24.2 Å². The first-order chi connectivity index (χ1) is 14.5. The van der Waals surface area contributed by atoms with Gasteiger partial charge in [-0.3, -0.25) is 19.7 Å². The highest BCUT2D eigenvalue weighted by Crippen LogP contribution is 2.35. The van der Waals surface area contributed by atoms with Gasteiger partial charge in [-0.2, -0.15) is 13.2 Å². The van der Waals surface area contributed by atoms with Crippen molar-refractivity contribution in [3.63, 3.8) is 0 Å². The summed E-state index contributed by atoms with van der Waals surface area (Å²) in [6.07, 6.45) is -4.10. The van der Waals surface area contributed by atoms with Crippen LogP contribution in [0.3, 0.4) is 0 Å². The summed E-state index contributed by atoms with van der Waals surface area (Å²) in [6.45, 7) is -0.815. The van der Waals surface area contributed by atoms with Crippen LogP contribution in [0.15, 0.2) is 36.4 Å². The van der Waals surface area contributed by atoms with Crippen molar-refractivity contribution in [2.45, 2.75) is 19.0 Å². The molecule has 0 unspecified atom stereocenters. The zero-order valence-corrected chi connectivity index (χ0v) is 15.6. The van der Waals surface area contributed by atoms with E-state index in [4.69, 9.17) is 4.74 Å². The van der Waals surface area contributed by atoms with Crippen LogP contribution in [-0.2, 0) is 26.9 Å². The maximum absolute atomic E-state index is 12.7. The number of carbonyl (C=O) groups excluding carboxylic acids is 3. The molecule has 2 N–H and O–H groups in total. The summed E-state index contributed by atoms with van der Waals surface area (Å²) in [4.78, 5) is 45.5. The van der Waals surface area contributed by atoms with Crippen LogP contribution < -0.4 is 10.6 Å². The third kappa shape index (κ3) is 5.15. The number of nitrogens with one attached hydrogen (secondary N) is 2. The van der Waals surface area contributed by atoms with E-state index in [2.05, 4.69) is 10.6 Å². The van der Waals surface area contributed by atoms with Crippen LogP contribution in [0.2, 0.25) is 0 Å². The number of nitro benzene ring substituents is 1. The molecule has 0 fully saturated rings. The summed E-state index contributed by atoms with van der Waals surface area (Å²) in [6, 6.07) is 6.06. The van der Waals surface area contributed by atoms with Crippen LogP contribution >= 0.6 is 0 Å². The van der Waals surface area contributed by atoms with Gasteiger partial charge in [0.1, 0.15) is 5.69 Å². The molecule has 162 valence electrons. The average molecular weight is 437 g/mol. The van der Waals surface area contributed by atoms with Crippen molar-refractivity contribution in [2.75, 3.05) is 17.2 Å². The number of nitro groups is 1. The Morgan fingerprint density at radius 2 is 1.90 bits per heavy atom. The van der Waals surface area contributed by atoms with Crippen molar-refractivity contribution in [1.29, 1.82) is 0 Å². The maximum Gasteiger partial charge on any atom is 0.416 e. The summed E-state index contributed by atoms with van der Waals surface area (Å²) in [7, 11) is 0. The second-order valence-electron chi connectivity index (χ2n) is 6.53. The molecular formula is C19H14F3N3O6. The minimum Gasteiger partial charge on any atom is -0.452 e. The quantitative estimate of drug-likeness (QED) is 0.420. The number of fused-ring (bicyclic) bond motifs is 1. The number of esters is 1. The van der Waals surface area contributed by atoms with Crippen molar-refractivity contribution in [1.82, 2.24) is 0 Å². The number of carbonyl (C=O) groups is 3. The highest BCUT2D eigenvalue weighted by Gasteiger charge is 2.33. The molecule has 0 saturated carbocycles. The number of amides is 2. The van der Waals surface area contributed by atoms with Crippen LogP contribution in [0.4, 0.5) is 30.2 Å². The van der Waals surface area contributed by atoms with Gasteiger partial charge in [0.15, 0.2) is 6.61 Å². The molecule has 1 heterocycles. The lowest BCUT2D eigenvalue weighted by Crippen LogP contribution is -2.22. The van der Waals surface area contributed by atoms with Crippen LogP contribution in [0.5, 0.6) is 0 Å². The lowest BCUT2D eigenvalue weighted by atomic mass is 10.0. The lowest BCUT2D eigenvalue weighted by molar-refractivity contribution is -0.384. The zero-order chi connectivity index (χ0) is 22.8. The summed E-state index contributed by atoms with van der Waals surface area (Å²) in [5.74, 6) is -1.96. The number of nitrogens with zero attached hydrogens (tertiary/aromatic N) is 1. The van der Waals surface area contributed by atoms with Crippen LogP contribution in [-0.4, -0.2) is 29.3 Å². The first-order valence-corrected chi connectivity index (χ1v) is 8.80. The van der Waals surface area contributed by atoms with Crippen LogP contribution in [0.1, 0.15) is 27.9 Å². The predicted molar refractivity (Wildman–Crippen MR) is 100 cm³/mol. The molecule has 31 heavy (non-hydrogen) atoms. The molecular weight excluding hydrogens is 423 g/mol. The van der Waals surface area contributed by atoms with Crippen LogP contribution in [0.25, 0.3) is 0 Å². The highest BCUT2D eigenvalue weighted by atomic mass is 19.4. The molecule has 0 saturated heterocycles. The Bertz CT molecular complexity index is 1080. The number of benzene rings is 2. The number of aryl methyl sites for hydroxylation is 1. The standard InChI is InChI=1S/C19H14F3N3O6/c20-19(21,22)12-3-5-14(15(8-12)25(29)30)24-17(27)9-31-18(28)11-1-4-13-10(7-11)2-6-16(26)23-13/h1,3-5,7-8H,2,6,9H2,(H,23,26)(H,24,27). The van der Waals surface area contributed by atoms with Crippen molar-refractivity contribution in [2.24, 2.45) is 0 Å². The molecule has 0 bridgehead atoms. The summed E-state index contributed by atoms with van der Waals surface area (Å²) >= 11 is 0. The Balaban J connectivity index is 1.64. The molecule has 2 aromatic carbocycles. The largest absolute Gasteiger partial charge is 0.452 e. The number of ether oxygens (including phenoxy) is 1. The number of rotatable bonds is 5. The first kappa shape index (κ1) is 21.7. The van der Waals surface area contributed by atoms with Gasteiger partial charge in [0.05, 0.1) is 16.1 Å². The second kappa shape index (κ2) is 8.42. The number of anilines is 2. The van der Waals surface area contributed by atoms with Gasteiger partial charge in [-0.25, -0.2) is 4.79 Å². The maximum atomic E-state index is 12.7. The highest BCUT2D eigenvalue weighted by molar-refractivity contribution is 5.98.